The van der Waals surface area contributed by atoms with Crippen LogP contribution in [0.4, 0.5) is 0 Å². The lowest BCUT2D eigenvalue weighted by molar-refractivity contribution is 0.0966. The van der Waals surface area contributed by atoms with Crippen molar-refractivity contribution in [3.8, 4) is 0 Å². The Kier molecular flexibility index (Phi) is 3.29. The molecule has 0 atom stereocenters. The number of rotatable bonds is 0. The molecule has 0 bridgehead atoms. The smallest absolute Gasteiger partial charge is 0.251 e. The number of hydrogen-bond acceptors (Lipinski definition) is 2. The van der Waals surface area contributed by atoms with Crippen LogP contribution in [0.15, 0.2) is 48.5 Å². The normalized spacial score (nSPS) is 15.1. The van der Waals surface area contributed by atoms with Crippen LogP contribution in [-0.2, 0) is 19.6 Å². The van der Waals surface area contributed by atoms with Gasteiger partial charge in [-0.25, -0.2) is 0 Å². The first-order valence-corrected chi connectivity index (χ1v) is 6.48. The van der Waals surface area contributed by atoms with Gasteiger partial charge in [-0.05, 0) is 22.8 Å². The van der Waals surface area contributed by atoms with Crippen molar-refractivity contribution >= 4 is 5.91 Å². The lowest BCUT2D eigenvalue weighted by atomic mass is 10.1. The number of hydrogen-bond donors (Lipinski definition) is 2. The minimum Gasteiger partial charge on any atom is -0.348 e. The minimum absolute atomic E-state index is 0.0515. The molecule has 1 amide bonds. The summed E-state index contributed by atoms with van der Waals surface area (Å²) < 4.78 is 0. The quantitative estimate of drug-likeness (QED) is 0.755. The second kappa shape index (κ2) is 5.24. The van der Waals surface area contributed by atoms with Crippen molar-refractivity contribution in [1.82, 2.24) is 10.6 Å². The molecule has 2 aromatic carbocycles. The van der Waals surface area contributed by atoms with Gasteiger partial charge in [0.1, 0.15) is 0 Å². The number of carbonyl (C=O) groups is 1. The lowest BCUT2D eigenvalue weighted by Gasteiger charge is -1.91. The van der Waals surface area contributed by atoms with E-state index in [-0.39, 0.29) is 5.91 Å². The molecule has 3 nitrogen and oxygen atoms in total. The Morgan fingerprint density at radius 3 is 1.95 bits per heavy atom. The zero-order chi connectivity index (χ0) is 13.1. The van der Waals surface area contributed by atoms with Gasteiger partial charge in [-0.3, -0.25) is 4.79 Å². The molecule has 0 aromatic heterocycles. The molecule has 3 heteroatoms. The lowest BCUT2D eigenvalue weighted by Crippen LogP contribution is -2.12. The van der Waals surface area contributed by atoms with Crippen LogP contribution in [-0.4, -0.2) is 5.91 Å². The second-order valence-corrected chi connectivity index (χ2v) is 4.71. The van der Waals surface area contributed by atoms with Crippen molar-refractivity contribution in [1.29, 1.82) is 0 Å². The third-order valence-electron chi connectivity index (χ3n) is 3.45. The van der Waals surface area contributed by atoms with Crippen molar-refractivity contribution in [2.24, 2.45) is 0 Å². The van der Waals surface area contributed by atoms with Gasteiger partial charge in [0.25, 0.3) is 5.91 Å². The van der Waals surface area contributed by atoms with E-state index in [0.717, 1.165) is 24.2 Å². The van der Waals surface area contributed by atoms with Crippen LogP contribution in [0.1, 0.15) is 27.0 Å². The first kappa shape index (κ1) is 11.9. The first-order valence-electron chi connectivity index (χ1n) is 6.48. The zero-order valence-electron chi connectivity index (χ0n) is 10.6. The van der Waals surface area contributed by atoms with E-state index >= 15 is 0 Å². The molecule has 2 heterocycles. The maximum Gasteiger partial charge on any atom is 0.251 e. The predicted octanol–water partition coefficient (Wildman–Crippen LogP) is 2.22. The Morgan fingerprint density at radius 1 is 0.737 bits per heavy atom. The van der Waals surface area contributed by atoms with Gasteiger partial charge >= 0.3 is 0 Å². The average Bonchev–Trinajstić information content (AvgIpc) is 3.07. The van der Waals surface area contributed by atoms with Gasteiger partial charge in [-0.2, -0.15) is 0 Å². The monoisotopic (exact) mass is 252 g/mol. The highest BCUT2D eigenvalue weighted by Gasteiger charge is 2.16. The number of fused-ring (bicyclic) bond motifs is 2. The highest BCUT2D eigenvalue weighted by Crippen LogP contribution is 2.13. The molecule has 0 saturated heterocycles. The summed E-state index contributed by atoms with van der Waals surface area (Å²) in [6.45, 7) is 2.79. The van der Waals surface area contributed by atoms with E-state index in [1.807, 2.05) is 24.3 Å². The van der Waals surface area contributed by atoms with E-state index in [2.05, 4.69) is 34.9 Å². The summed E-state index contributed by atoms with van der Waals surface area (Å²) in [6, 6.07) is 16.2. The number of carbonyl (C=O) groups excluding carboxylic acids is 1. The molecule has 0 unspecified atom stereocenters. The molecule has 2 aliphatic rings. The number of benzene rings is 2. The number of amides is 1. The van der Waals surface area contributed by atoms with E-state index in [9.17, 15) is 4.79 Å². The van der Waals surface area contributed by atoms with Crippen LogP contribution < -0.4 is 10.6 Å². The Bertz CT molecular complexity index is 584. The van der Waals surface area contributed by atoms with Gasteiger partial charge in [0, 0.05) is 25.2 Å². The van der Waals surface area contributed by atoms with Crippen molar-refractivity contribution in [2.75, 3.05) is 0 Å². The van der Waals surface area contributed by atoms with Crippen molar-refractivity contribution in [3.05, 3.63) is 70.8 Å². The summed E-state index contributed by atoms with van der Waals surface area (Å²) in [5.41, 5.74) is 4.84. The Hall–Kier alpha value is -2.13. The molecule has 0 radical (unpaired) electrons. The van der Waals surface area contributed by atoms with E-state index < -0.39 is 0 Å². The summed E-state index contributed by atoms with van der Waals surface area (Å²) in [6.07, 6.45) is 0. The summed E-state index contributed by atoms with van der Waals surface area (Å²) in [5, 5.41) is 6.03. The fourth-order valence-electron chi connectivity index (χ4n) is 2.40. The van der Waals surface area contributed by atoms with Crippen LogP contribution in [0, 0.1) is 0 Å². The Morgan fingerprint density at radius 2 is 1.32 bits per heavy atom. The van der Waals surface area contributed by atoms with Gasteiger partial charge in [0.2, 0.25) is 0 Å². The van der Waals surface area contributed by atoms with Crippen molar-refractivity contribution in [3.63, 3.8) is 0 Å². The van der Waals surface area contributed by atoms with Crippen LogP contribution in [0.5, 0.6) is 0 Å². The molecule has 2 aliphatic heterocycles. The fourth-order valence-corrected chi connectivity index (χ4v) is 2.40. The van der Waals surface area contributed by atoms with Gasteiger partial charge in [0.05, 0.1) is 0 Å². The summed E-state index contributed by atoms with van der Waals surface area (Å²) in [7, 11) is 0. The van der Waals surface area contributed by atoms with Gasteiger partial charge < -0.3 is 10.6 Å². The molecule has 0 fully saturated rings. The first-order chi connectivity index (χ1) is 9.34. The fraction of sp³-hybridized carbons (Fsp3) is 0.188. The highest BCUT2D eigenvalue weighted by atomic mass is 16.1. The highest BCUT2D eigenvalue weighted by molar-refractivity contribution is 5.98. The van der Waals surface area contributed by atoms with Crippen LogP contribution in [0.2, 0.25) is 0 Å². The molecule has 2 aromatic rings. The summed E-state index contributed by atoms with van der Waals surface area (Å²) >= 11 is 0. The molecule has 0 spiro atoms. The molecular formula is C16H16N2O. The zero-order valence-corrected chi connectivity index (χ0v) is 10.6. The van der Waals surface area contributed by atoms with Gasteiger partial charge in [-0.15, -0.1) is 0 Å². The summed E-state index contributed by atoms with van der Waals surface area (Å²) in [4.78, 5) is 11.0. The van der Waals surface area contributed by atoms with Gasteiger partial charge in [0.15, 0.2) is 0 Å². The third kappa shape index (κ3) is 2.51. The standard InChI is InChI=1S/C8H7NO.C8H9N/c10-8-7-4-2-1-3-6(7)5-9-8;1-2-4-8-6-9-5-7(8)3-1/h1-4H,5H2,(H,9,10);1-4,9H,5-6H2. The minimum atomic E-state index is 0.0515. The molecule has 0 saturated carbocycles. The molecule has 96 valence electrons. The molecule has 19 heavy (non-hydrogen) atoms. The maximum absolute atomic E-state index is 11.0. The van der Waals surface area contributed by atoms with Gasteiger partial charge in [-0.1, -0.05) is 42.5 Å². The van der Waals surface area contributed by atoms with E-state index in [0.29, 0.717) is 6.54 Å². The Labute approximate surface area is 112 Å². The van der Waals surface area contributed by atoms with E-state index in [1.54, 1.807) is 0 Å². The SMILES string of the molecule is O=C1NCc2ccccc21.c1ccc2c(c1)CNC2. The molecule has 2 N–H and O–H groups in total. The molecule has 0 aliphatic carbocycles. The molecular weight excluding hydrogens is 236 g/mol. The summed E-state index contributed by atoms with van der Waals surface area (Å²) in [5.74, 6) is 0.0515. The average molecular weight is 252 g/mol. The Balaban J connectivity index is 0.000000117. The number of nitrogens with one attached hydrogen (secondary N) is 2. The van der Waals surface area contributed by atoms with E-state index in [4.69, 9.17) is 0 Å². The van der Waals surface area contributed by atoms with E-state index in [1.165, 1.54) is 11.1 Å². The van der Waals surface area contributed by atoms with Crippen LogP contribution in [0.25, 0.3) is 0 Å². The topological polar surface area (TPSA) is 41.1 Å². The predicted molar refractivity (Wildman–Crippen MR) is 74.6 cm³/mol. The van der Waals surface area contributed by atoms with Crippen LogP contribution in [0.3, 0.4) is 0 Å². The molecule has 4 rings (SSSR count). The maximum atomic E-state index is 11.0. The second-order valence-electron chi connectivity index (χ2n) is 4.71. The third-order valence-corrected chi connectivity index (χ3v) is 3.45. The van der Waals surface area contributed by atoms with Crippen molar-refractivity contribution < 1.29 is 4.79 Å². The largest absolute Gasteiger partial charge is 0.348 e. The van der Waals surface area contributed by atoms with Crippen molar-refractivity contribution in [2.45, 2.75) is 19.6 Å². The van der Waals surface area contributed by atoms with Crippen LogP contribution >= 0.6 is 0 Å².